The van der Waals surface area contributed by atoms with Gasteiger partial charge in [0.2, 0.25) is 0 Å². The molecule has 6 rings (SSSR count). The van der Waals surface area contributed by atoms with Gasteiger partial charge >= 0.3 is 11.9 Å². The number of esters is 2. The molecule has 0 radical (unpaired) electrons. The van der Waals surface area contributed by atoms with Crippen LogP contribution in [-0.2, 0) is 31.9 Å². The quantitative estimate of drug-likeness (QED) is 0.126. The van der Waals surface area contributed by atoms with Crippen LogP contribution in [0.25, 0.3) is 55.5 Å². The van der Waals surface area contributed by atoms with Crippen LogP contribution in [0, 0.1) is 13.8 Å². The predicted molar refractivity (Wildman–Crippen MR) is 205 cm³/mol. The van der Waals surface area contributed by atoms with Crippen molar-refractivity contribution in [2.24, 2.45) is 0 Å². The fourth-order valence-corrected chi connectivity index (χ4v) is 7.58. The molecule has 5 heterocycles. The maximum atomic E-state index is 12.3. The summed E-state index contributed by atoms with van der Waals surface area (Å²) in [5.41, 5.74) is 15.9. The minimum Gasteiger partial charge on any atom is -0.508 e. The molecule has 2 aliphatic heterocycles. The van der Waals surface area contributed by atoms with E-state index in [-0.39, 0.29) is 36.3 Å². The zero-order valence-corrected chi connectivity index (χ0v) is 31.1. The van der Waals surface area contributed by atoms with Crippen molar-refractivity contribution in [2.75, 3.05) is 14.2 Å². The summed E-state index contributed by atoms with van der Waals surface area (Å²) in [5, 5.41) is 21.3. The molecule has 8 bridgehead atoms. The van der Waals surface area contributed by atoms with Gasteiger partial charge in [-0.15, -0.1) is 0 Å². The summed E-state index contributed by atoms with van der Waals surface area (Å²) in [4.78, 5) is 42.5. The first kappa shape index (κ1) is 36.2. The number of benzene rings is 1. The molecule has 0 fully saturated rings. The Hall–Kier alpha value is -5.64. The molecule has 270 valence electrons. The van der Waals surface area contributed by atoms with Gasteiger partial charge in [-0.1, -0.05) is 13.8 Å². The summed E-state index contributed by atoms with van der Waals surface area (Å²) in [5.74, 6) is -0.707. The number of hydrogen-bond acceptors (Lipinski definition) is 8. The number of phenolic OH excluding ortho intramolecular Hbond substituents is 2. The highest BCUT2D eigenvalue weighted by Gasteiger charge is 2.25. The number of carbonyl (C=O) groups is 2. The number of H-pyrrole nitrogens is 2. The summed E-state index contributed by atoms with van der Waals surface area (Å²) in [6, 6.07) is 10.7. The summed E-state index contributed by atoms with van der Waals surface area (Å²) in [7, 11) is 2.78. The number of phenols is 2. The van der Waals surface area contributed by atoms with Crippen LogP contribution < -0.4 is 0 Å². The first-order valence-corrected chi connectivity index (χ1v) is 17.7. The second-order valence-corrected chi connectivity index (χ2v) is 13.4. The number of nitrogens with zero attached hydrogens (tertiary/aromatic N) is 2. The normalized spacial score (nSPS) is 12.8. The maximum absolute atomic E-state index is 12.3. The number of methoxy groups -OCH3 is 2. The van der Waals surface area contributed by atoms with E-state index < -0.39 is 0 Å². The summed E-state index contributed by atoms with van der Waals surface area (Å²) < 4.78 is 9.98. The number of hydrogen-bond donors (Lipinski definition) is 4. The zero-order chi connectivity index (χ0) is 37.4. The second-order valence-electron chi connectivity index (χ2n) is 13.4. The van der Waals surface area contributed by atoms with E-state index in [0.29, 0.717) is 18.4 Å². The van der Waals surface area contributed by atoms with E-state index in [1.807, 2.05) is 19.9 Å². The lowest BCUT2D eigenvalue weighted by Gasteiger charge is -2.09. The first-order valence-electron chi connectivity index (χ1n) is 17.7. The molecule has 52 heavy (non-hydrogen) atoms. The number of aryl methyl sites for hydroxylation is 4. The van der Waals surface area contributed by atoms with Crippen LogP contribution in [0.15, 0.2) is 36.4 Å². The molecular weight excluding hydrogens is 656 g/mol. The van der Waals surface area contributed by atoms with Gasteiger partial charge in [-0.2, -0.15) is 0 Å². The van der Waals surface area contributed by atoms with E-state index >= 15 is 0 Å². The Bertz CT molecular complexity index is 2340. The molecule has 10 nitrogen and oxygen atoms in total. The standard InChI is InChI=1S/C42H46N4O6/c1-9-28-23(5)41-40(25-15-26(47)17-27(48)16-25)42-24(6)29(10-2)35(46-42)19-33-22(4)31(12-14-39(50)52-8)37(44-33)20-36-30(11-13-38(49)51-7)21(3)32(43-36)18-34(28)45-41/h15-20,43,46-48H,9-14H2,1-8H3. The van der Waals surface area contributed by atoms with Crippen LogP contribution in [0.4, 0.5) is 0 Å². The van der Waals surface area contributed by atoms with Gasteiger partial charge in [0, 0.05) is 41.0 Å². The smallest absolute Gasteiger partial charge is 0.305 e. The zero-order valence-electron chi connectivity index (χ0n) is 31.1. The molecule has 0 spiro atoms. The summed E-state index contributed by atoms with van der Waals surface area (Å²) >= 11 is 0. The maximum Gasteiger partial charge on any atom is 0.305 e. The third-order valence-corrected chi connectivity index (χ3v) is 10.4. The summed E-state index contributed by atoms with van der Waals surface area (Å²) in [6.45, 7) is 12.4. The van der Waals surface area contributed by atoms with E-state index in [1.54, 1.807) is 12.1 Å². The number of nitrogens with one attached hydrogen (secondary N) is 2. The molecule has 4 N–H and O–H groups in total. The van der Waals surface area contributed by atoms with Crippen molar-refractivity contribution in [1.29, 1.82) is 0 Å². The van der Waals surface area contributed by atoms with E-state index in [2.05, 4.69) is 49.8 Å². The van der Waals surface area contributed by atoms with Crippen molar-refractivity contribution in [2.45, 2.75) is 80.1 Å². The average Bonchev–Trinajstić information content (AvgIpc) is 3.78. The van der Waals surface area contributed by atoms with Gasteiger partial charge in [-0.25, -0.2) is 9.97 Å². The van der Waals surface area contributed by atoms with Crippen LogP contribution in [0.5, 0.6) is 11.5 Å². The Labute approximate surface area is 303 Å². The number of aromatic hydroxyl groups is 2. The third kappa shape index (κ3) is 6.61. The molecule has 2 aliphatic rings. The number of ether oxygens (including phenoxy) is 2. The molecule has 0 amide bonds. The lowest BCUT2D eigenvalue weighted by atomic mass is 9.95. The fraction of sp³-hybridized carbons (Fsp3) is 0.333. The van der Waals surface area contributed by atoms with E-state index in [1.165, 1.54) is 20.3 Å². The molecule has 0 unspecified atom stereocenters. The number of fused-ring (bicyclic) bond motifs is 8. The number of carbonyl (C=O) groups excluding carboxylic acids is 2. The summed E-state index contributed by atoms with van der Waals surface area (Å²) in [6.07, 6.45) is 2.76. The number of allylic oxidation sites excluding steroid dienone is 4. The van der Waals surface area contributed by atoms with Crippen LogP contribution >= 0.6 is 0 Å². The molecular formula is C42H46N4O6. The topological polar surface area (TPSA) is 150 Å². The Balaban J connectivity index is 1.81. The van der Waals surface area contributed by atoms with Crippen LogP contribution in [0.2, 0.25) is 0 Å². The molecule has 0 saturated carbocycles. The minimum absolute atomic E-state index is 0.0537. The van der Waals surface area contributed by atoms with Crippen molar-refractivity contribution in [3.8, 4) is 22.6 Å². The molecule has 1 aromatic carbocycles. The van der Waals surface area contributed by atoms with Crippen molar-refractivity contribution < 1.29 is 29.3 Å². The van der Waals surface area contributed by atoms with Gasteiger partial charge in [0.05, 0.1) is 42.5 Å². The van der Waals surface area contributed by atoms with E-state index in [4.69, 9.17) is 19.4 Å². The largest absolute Gasteiger partial charge is 0.508 e. The molecule has 0 aliphatic carbocycles. The Kier molecular flexibility index (Phi) is 10.1. The van der Waals surface area contributed by atoms with Crippen LogP contribution in [0.3, 0.4) is 0 Å². The van der Waals surface area contributed by atoms with E-state index in [0.717, 1.165) is 108 Å². The van der Waals surface area contributed by atoms with Gasteiger partial charge in [0.25, 0.3) is 0 Å². The monoisotopic (exact) mass is 702 g/mol. The van der Waals surface area contributed by atoms with E-state index in [9.17, 15) is 19.8 Å². The van der Waals surface area contributed by atoms with Crippen molar-refractivity contribution in [3.05, 3.63) is 81.4 Å². The Morgan fingerprint density at radius 1 is 0.654 bits per heavy atom. The third-order valence-electron chi connectivity index (χ3n) is 10.4. The predicted octanol–water partition coefficient (Wildman–Crippen LogP) is 8.90. The van der Waals surface area contributed by atoms with Gasteiger partial charge < -0.3 is 29.7 Å². The van der Waals surface area contributed by atoms with Gasteiger partial charge in [0.15, 0.2) is 0 Å². The molecule has 0 atom stereocenters. The lowest BCUT2D eigenvalue weighted by molar-refractivity contribution is -0.141. The number of rotatable bonds is 9. The molecule has 0 saturated heterocycles. The SMILES string of the molecule is CCC1=C(C)c2nc1cc1[nH]c(cc3nc(cc4[nH]c(c(C)c4CC)c2-c2cc(O)cc(O)c2)C(C)=C3CCC(=O)OC)c(CCC(=O)OC)c1C. The lowest BCUT2D eigenvalue weighted by Crippen LogP contribution is -2.02. The van der Waals surface area contributed by atoms with Crippen molar-refractivity contribution >= 4 is 56.3 Å². The minimum atomic E-state index is -0.302. The highest BCUT2D eigenvalue weighted by molar-refractivity contribution is 6.01. The fourth-order valence-electron chi connectivity index (χ4n) is 7.58. The van der Waals surface area contributed by atoms with Crippen molar-refractivity contribution in [3.63, 3.8) is 0 Å². The van der Waals surface area contributed by atoms with Gasteiger partial charge in [-0.3, -0.25) is 9.59 Å². The van der Waals surface area contributed by atoms with Gasteiger partial charge in [0.1, 0.15) is 11.5 Å². The Morgan fingerprint density at radius 2 is 1.25 bits per heavy atom. The first-order chi connectivity index (χ1) is 24.9. The number of aromatic amines is 2. The molecule has 3 aromatic heterocycles. The highest BCUT2D eigenvalue weighted by atomic mass is 16.5. The highest BCUT2D eigenvalue weighted by Crippen LogP contribution is 2.43. The average molecular weight is 703 g/mol. The van der Waals surface area contributed by atoms with Crippen LogP contribution in [0.1, 0.15) is 98.4 Å². The van der Waals surface area contributed by atoms with Crippen LogP contribution in [-0.4, -0.2) is 56.3 Å². The Morgan fingerprint density at radius 3 is 1.88 bits per heavy atom. The second kappa shape index (κ2) is 14.5. The van der Waals surface area contributed by atoms with Gasteiger partial charge in [-0.05, 0) is 134 Å². The van der Waals surface area contributed by atoms with Crippen molar-refractivity contribution in [1.82, 2.24) is 19.9 Å². The number of aromatic nitrogens is 4. The molecule has 4 aromatic rings. The molecule has 10 heteroatoms.